The van der Waals surface area contributed by atoms with Gasteiger partial charge in [0.15, 0.2) is 17.3 Å². The summed E-state index contributed by atoms with van der Waals surface area (Å²) in [5.74, 6) is -0.00791. The molecule has 0 aliphatic heterocycles. The molecule has 0 atom stereocenters. The van der Waals surface area contributed by atoms with Crippen LogP contribution in [0.2, 0.25) is 0 Å². The van der Waals surface area contributed by atoms with E-state index in [1.54, 1.807) is 30.1 Å². The molecule has 1 fully saturated rings. The van der Waals surface area contributed by atoms with Crippen LogP contribution in [0.1, 0.15) is 57.9 Å². The van der Waals surface area contributed by atoms with Crippen molar-refractivity contribution >= 4 is 23.5 Å². The maximum atomic E-state index is 13.6. The molecule has 0 spiro atoms. The van der Waals surface area contributed by atoms with E-state index in [0.29, 0.717) is 27.7 Å². The molecule has 0 amide bonds. The van der Waals surface area contributed by atoms with Crippen LogP contribution in [0, 0.1) is 0 Å². The van der Waals surface area contributed by atoms with Gasteiger partial charge in [0.25, 0.3) is 0 Å². The number of rotatable bonds is 8. The standard InChI is InChI=1S/C20H20N4O5S/c1-4-28-20(26)15-14(17(29-23-15)11-5-6-11)16(25)12-7-8-13(24-10-21-9-22-24)18(27-2)19(12)30-3/h7-11H,4-6H2,1-3H3. The molecule has 0 unspecified atom stereocenters. The molecule has 156 valence electrons. The lowest BCUT2D eigenvalue weighted by Crippen LogP contribution is -2.14. The van der Waals surface area contributed by atoms with Crippen molar-refractivity contribution in [1.29, 1.82) is 0 Å². The van der Waals surface area contributed by atoms with Gasteiger partial charge in [-0.25, -0.2) is 14.5 Å². The molecule has 1 aromatic carbocycles. The Kier molecular flexibility index (Phi) is 5.58. The fraction of sp³-hybridized carbons (Fsp3) is 0.350. The Morgan fingerprint density at radius 1 is 1.33 bits per heavy atom. The topological polar surface area (TPSA) is 109 Å². The van der Waals surface area contributed by atoms with E-state index in [1.165, 1.54) is 25.2 Å². The number of methoxy groups -OCH3 is 1. The minimum Gasteiger partial charge on any atom is -0.493 e. The Hall–Kier alpha value is -3.14. The van der Waals surface area contributed by atoms with E-state index < -0.39 is 5.97 Å². The summed E-state index contributed by atoms with van der Waals surface area (Å²) in [6.45, 7) is 1.87. The molecule has 1 aliphatic rings. The quantitative estimate of drug-likeness (QED) is 0.303. The zero-order valence-corrected chi connectivity index (χ0v) is 17.6. The molecular formula is C20H20N4O5S. The van der Waals surface area contributed by atoms with E-state index in [2.05, 4.69) is 15.2 Å². The Labute approximate surface area is 176 Å². The zero-order valence-electron chi connectivity index (χ0n) is 16.7. The van der Waals surface area contributed by atoms with E-state index >= 15 is 0 Å². The number of esters is 1. The molecule has 4 rings (SSSR count). The van der Waals surface area contributed by atoms with Crippen LogP contribution in [-0.4, -0.2) is 51.6 Å². The van der Waals surface area contributed by atoms with Gasteiger partial charge in [-0.2, -0.15) is 5.10 Å². The van der Waals surface area contributed by atoms with Gasteiger partial charge in [-0.3, -0.25) is 4.79 Å². The lowest BCUT2D eigenvalue weighted by Gasteiger charge is -2.15. The molecule has 1 aliphatic carbocycles. The normalized spacial score (nSPS) is 13.3. The number of benzene rings is 1. The number of nitrogens with zero attached hydrogens (tertiary/aromatic N) is 4. The first kappa shape index (κ1) is 20.1. The van der Waals surface area contributed by atoms with E-state index in [1.807, 2.05) is 6.26 Å². The second-order valence-corrected chi connectivity index (χ2v) is 7.45. The number of hydrogen-bond donors (Lipinski definition) is 0. The molecule has 10 heteroatoms. The lowest BCUT2D eigenvalue weighted by atomic mass is 9.98. The number of aromatic nitrogens is 4. The van der Waals surface area contributed by atoms with Crippen LogP contribution in [0.4, 0.5) is 0 Å². The van der Waals surface area contributed by atoms with Gasteiger partial charge < -0.3 is 14.0 Å². The molecule has 0 saturated heterocycles. The summed E-state index contributed by atoms with van der Waals surface area (Å²) >= 11 is 1.36. The summed E-state index contributed by atoms with van der Waals surface area (Å²) in [4.78, 5) is 30.6. The van der Waals surface area contributed by atoms with E-state index in [9.17, 15) is 9.59 Å². The van der Waals surface area contributed by atoms with Gasteiger partial charge in [0, 0.05) is 11.5 Å². The van der Waals surface area contributed by atoms with Gasteiger partial charge >= 0.3 is 5.97 Å². The van der Waals surface area contributed by atoms with Crippen molar-refractivity contribution in [2.45, 2.75) is 30.6 Å². The third kappa shape index (κ3) is 3.47. The highest BCUT2D eigenvalue weighted by molar-refractivity contribution is 7.98. The third-order valence-electron chi connectivity index (χ3n) is 4.77. The van der Waals surface area contributed by atoms with Gasteiger partial charge in [0.1, 0.15) is 23.9 Å². The molecule has 3 aromatic rings. The molecule has 9 nitrogen and oxygen atoms in total. The zero-order chi connectivity index (χ0) is 21.3. The Morgan fingerprint density at radius 2 is 2.13 bits per heavy atom. The second-order valence-electron chi connectivity index (χ2n) is 6.63. The monoisotopic (exact) mass is 428 g/mol. The maximum absolute atomic E-state index is 13.6. The van der Waals surface area contributed by atoms with Gasteiger partial charge in [0.05, 0.1) is 18.6 Å². The van der Waals surface area contributed by atoms with Crippen molar-refractivity contribution in [2.75, 3.05) is 20.0 Å². The van der Waals surface area contributed by atoms with E-state index in [4.69, 9.17) is 14.0 Å². The summed E-state index contributed by atoms with van der Waals surface area (Å²) in [5, 5.41) is 8.01. The Bertz CT molecular complexity index is 1090. The summed E-state index contributed by atoms with van der Waals surface area (Å²) in [7, 11) is 1.53. The SMILES string of the molecule is CCOC(=O)c1noc(C2CC2)c1C(=O)c1ccc(-n2cncn2)c(OC)c1SC. The first-order chi connectivity index (χ1) is 14.6. The molecular weight excluding hydrogens is 408 g/mol. The Balaban J connectivity index is 1.84. The first-order valence-electron chi connectivity index (χ1n) is 9.42. The van der Waals surface area contributed by atoms with Crippen molar-refractivity contribution in [2.24, 2.45) is 0 Å². The molecule has 0 N–H and O–H groups in total. The maximum Gasteiger partial charge on any atom is 0.361 e. The number of ketones is 1. The number of thioether (sulfide) groups is 1. The highest BCUT2D eigenvalue weighted by Gasteiger charge is 2.38. The molecule has 2 heterocycles. The Morgan fingerprint density at radius 3 is 2.73 bits per heavy atom. The van der Waals surface area contributed by atoms with Gasteiger partial charge in [0.2, 0.25) is 5.69 Å². The predicted octanol–water partition coefficient (Wildman–Crippen LogP) is 3.27. The van der Waals surface area contributed by atoms with Crippen molar-refractivity contribution < 1.29 is 23.6 Å². The van der Waals surface area contributed by atoms with E-state index in [0.717, 1.165) is 12.8 Å². The van der Waals surface area contributed by atoms with Crippen LogP contribution in [0.5, 0.6) is 5.75 Å². The van der Waals surface area contributed by atoms with Crippen LogP contribution in [-0.2, 0) is 4.74 Å². The first-order valence-corrected chi connectivity index (χ1v) is 10.6. The van der Waals surface area contributed by atoms with Crippen molar-refractivity contribution in [1.82, 2.24) is 19.9 Å². The number of carbonyl (C=O) groups excluding carboxylic acids is 2. The smallest absolute Gasteiger partial charge is 0.361 e. The summed E-state index contributed by atoms with van der Waals surface area (Å²) in [6, 6.07) is 3.42. The number of ether oxygens (including phenoxy) is 2. The van der Waals surface area contributed by atoms with Crippen molar-refractivity contribution in [3.8, 4) is 11.4 Å². The molecule has 30 heavy (non-hydrogen) atoms. The fourth-order valence-corrected chi connectivity index (χ4v) is 4.02. The fourth-order valence-electron chi connectivity index (χ4n) is 3.26. The molecule has 0 bridgehead atoms. The summed E-state index contributed by atoms with van der Waals surface area (Å²) in [6.07, 6.45) is 6.60. The highest BCUT2D eigenvalue weighted by atomic mass is 32.2. The van der Waals surface area contributed by atoms with Gasteiger partial charge in [-0.05, 0) is 38.2 Å². The largest absolute Gasteiger partial charge is 0.493 e. The average Bonchev–Trinajstić information content (AvgIpc) is 3.27. The predicted molar refractivity (Wildman–Crippen MR) is 108 cm³/mol. The third-order valence-corrected chi connectivity index (χ3v) is 5.59. The van der Waals surface area contributed by atoms with Crippen molar-refractivity contribution in [3.05, 3.63) is 47.4 Å². The van der Waals surface area contributed by atoms with Crippen LogP contribution in [0.25, 0.3) is 5.69 Å². The van der Waals surface area contributed by atoms with Crippen LogP contribution in [0.15, 0.2) is 34.2 Å². The van der Waals surface area contributed by atoms with Crippen LogP contribution in [0.3, 0.4) is 0 Å². The van der Waals surface area contributed by atoms with Gasteiger partial charge in [-0.15, -0.1) is 11.8 Å². The van der Waals surface area contributed by atoms with Crippen LogP contribution < -0.4 is 4.74 Å². The summed E-state index contributed by atoms with van der Waals surface area (Å²) in [5.41, 5.74) is 1.12. The van der Waals surface area contributed by atoms with E-state index in [-0.39, 0.29) is 29.6 Å². The lowest BCUT2D eigenvalue weighted by molar-refractivity contribution is 0.0512. The minimum atomic E-state index is -0.673. The number of carbonyl (C=O) groups is 2. The minimum absolute atomic E-state index is 0.0878. The molecule has 2 aromatic heterocycles. The van der Waals surface area contributed by atoms with Gasteiger partial charge in [-0.1, -0.05) is 5.16 Å². The van der Waals surface area contributed by atoms with Crippen molar-refractivity contribution in [3.63, 3.8) is 0 Å². The van der Waals surface area contributed by atoms with Crippen LogP contribution >= 0.6 is 11.8 Å². The number of hydrogen-bond acceptors (Lipinski definition) is 9. The molecule has 1 saturated carbocycles. The highest BCUT2D eigenvalue weighted by Crippen LogP contribution is 2.44. The molecule has 0 radical (unpaired) electrons. The average molecular weight is 428 g/mol. The summed E-state index contributed by atoms with van der Waals surface area (Å²) < 4.78 is 17.7. The second kappa shape index (κ2) is 8.31.